The van der Waals surface area contributed by atoms with Gasteiger partial charge in [-0.15, -0.1) is 0 Å². The van der Waals surface area contributed by atoms with Crippen LogP contribution in [0.1, 0.15) is 80.8 Å². The van der Waals surface area contributed by atoms with E-state index in [4.69, 9.17) is 0 Å². The summed E-state index contributed by atoms with van der Waals surface area (Å²) in [7, 11) is 0. The highest BCUT2D eigenvalue weighted by Crippen LogP contribution is 2.40. The minimum Gasteiger partial charge on any atom is -0.294 e. The SMILES string of the molecule is CCC(C)c1cc2ccc3cc(C(C)CC)cc4c(C(C)=O)cc(c1)c2c34. The normalized spacial score (nSPS) is 14.3. The van der Waals surface area contributed by atoms with Gasteiger partial charge in [-0.05, 0) is 81.1 Å². The molecule has 0 aliphatic rings. The minimum atomic E-state index is 0.147. The molecule has 0 spiro atoms. The number of benzene rings is 4. The molecule has 0 aliphatic heterocycles. The van der Waals surface area contributed by atoms with Gasteiger partial charge in [0.05, 0.1) is 0 Å². The molecule has 0 N–H and O–H groups in total. The Labute approximate surface area is 161 Å². The first-order valence-corrected chi connectivity index (χ1v) is 10.2. The number of Topliss-reactive ketones (excluding diaryl/α,β-unsaturated/α-hetero) is 1. The maximum Gasteiger partial charge on any atom is 0.160 e. The van der Waals surface area contributed by atoms with Crippen molar-refractivity contribution in [1.82, 2.24) is 0 Å². The van der Waals surface area contributed by atoms with Gasteiger partial charge in [-0.1, -0.05) is 64.1 Å². The van der Waals surface area contributed by atoms with Gasteiger partial charge < -0.3 is 0 Å². The summed E-state index contributed by atoms with van der Waals surface area (Å²) in [6.07, 6.45) is 2.21. The van der Waals surface area contributed by atoms with Crippen LogP contribution in [0.25, 0.3) is 32.3 Å². The Morgan fingerprint density at radius 1 is 0.778 bits per heavy atom. The van der Waals surface area contributed by atoms with Gasteiger partial charge in [0, 0.05) is 5.56 Å². The van der Waals surface area contributed by atoms with Gasteiger partial charge in [0.2, 0.25) is 0 Å². The van der Waals surface area contributed by atoms with E-state index in [0.29, 0.717) is 11.8 Å². The molecule has 0 radical (unpaired) electrons. The Morgan fingerprint density at radius 3 is 1.85 bits per heavy atom. The third-order valence-electron chi connectivity index (χ3n) is 6.44. The van der Waals surface area contributed by atoms with Crippen LogP contribution in [0.3, 0.4) is 0 Å². The van der Waals surface area contributed by atoms with E-state index in [-0.39, 0.29) is 5.78 Å². The summed E-state index contributed by atoms with van der Waals surface area (Å²) in [5, 5.41) is 7.40. The van der Waals surface area contributed by atoms with Crippen LogP contribution in [-0.4, -0.2) is 5.78 Å². The van der Waals surface area contributed by atoms with E-state index in [1.807, 2.05) is 0 Å². The highest BCUT2D eigenvalue weighted by atomic mass is 16.1. The van der Waals surface area contributed by atoms with E-state index >= 15 is 0 Å². The zero-order chi connectivity index (χ0) is 19.3. The van der Waals surface area contributed by atoms with Crippen molar-refractivity contribution in [2.45, 2.75) is 59.3 Å². The molecule has 0 saturated carbocycles. The molecule has 138 valence electrons. The van der Waals surface area contributed by atoms with Crippen LogP contribution in [0.4, 0.5) is 0 Å². The number of ketones is 1. The molecule has 27 heavy (non-hydrogen) atoms. The van der Waals surface area contributed by atoms with Crippen LogP contribution < -0.4 is 0 Å². The van der Waals surface area contributed by atoms with Crippen LogP contribution in [0.15, 0.2) is 42.5 Å². The molecule has 0 bridgehead atoms. The van der Waals surface area contributed by atoms with Gasteiger partial charge in [-0.25, -0.2) is 0 Å². The molecule has 0 saturated heterocycles. The fraction of sp³-hybridized carbons (Fsp3) is 0.346. The molecule has 0 amide bonds. The first-order valence-electron chi connectivity index (χ1n) is 10.2. The second kappa shape index (κ2) is 6.64. The standard InChI is InChI=1S/C26H28O/c1-6-15(3)20-10-18-8-9-19-11-21(16(4)7-2)13-24-23(17(5)27)14-22(12-20)25(18)26(19)24/h8-16H,6-7H2,1-5H3. The highest BCUT2D eigenvalue weighted by molar-refractivity contribution is 6.27. The van der Waals surface area contributed by atoms with Crippen LogP contribution in [-0.2, 0) is 0 Å². The molecule has 4 rings (SSSR count). The number of hydrogen-bond donors (Lipinski definition) is 0. The molecule has 0 heterocycles. The number of carbonyl (C=O) groups excluding carboxylic acids is 1. The Hall–Kier alpha value is -2.41. The maximum atomic E-state index is 12.5. The van der Waals surface area contributed by atoms with E-state index in [1.54, 1.807) is 6.92 Å². The largest absolute Gasteiger partial charge is 0.294 e. The molecule has 0 fully saturated rings. The summed E-state index contributed by atoms with van der Waals surface area (Å²) in [5.41, 5.74) is 3.54. The molecule has 1 heteroatoms. The lowest BCUT2D eigenvalue weighted by atomic mass is 9.85. The zero-order valence-corrected chi connectivity index (χ0v) is 17.0. The average Bonchev–Trinajstić information content (AvgIpc) is 2.69. The number of hydrogen-bond acceptors (Lipinski definition) is 1. The third-order valence-corrected chi connectivity index (χ3v) is 6.44. The quantitative estimate of drug-likeness (QED) is 0.263. The van der Waals surface area contributed by atoms with Crippen molar-refractivity contribution >= 4 is 38.1 Å². The molecule has 0 aromatic heterocycles. The lowest BCUT2D eigenvalue weighted by molar-refractivity contribution is 0.101. The predicted molar refractivity (Wildman–Crippen MR) is 118 cm³/mol. The molecular weight excluding hydrogens is 328 g/mol. The van der Waals surface area contributed by atoms with Crippen molar-refractivity contribution in [3.63, 3.8) is 0 Å². The number of carbonyl (C=O) groups is 1. The topological polar surface area (TPSA) is 17.1 Å². The van der Waals surface area contributed by atoms with E-state index in [1.165, 1.54) is 38.1 Å². The Morgan fingerprint density at radius 2 is 1.30 bits per heavy atom. The van der Waals surface area contributed by atoms with Crippen molar-refractivity contribution in [2.75, 3.05) is 0 Å². The molecule has 1 nitrogen and oxygen atoms in total. The van der Waals surface area contributed by atoms with Crippen LogP contribution in [0.2, 0.25) is 0 Å². The first-order chi connectivity index (χ1) is 12.9. The van der Waals surface area contributed by atoms with Gasteiger partial charge in [0.15, 0.2) is 5.78 Å². The number of rotatable bonds is 5. The fourth-order valence-electron chi connectivity index (χ4n) is 4.30. The van der Waals surface area contributed by atoms with Gasteiger partial charge in [0.1, 0.15) is 0 Å². The first kappa shape index (κ1) is 18.0. The van der Waals surface area contributed by atoms with Gasteiger partial charge >= 0.3 is 0 Å². The summed E-state index contributed by atoms with van der Waals surface area (Å²) in [4.78, 5) is 12.5. The van der Waals surface area contributed by atoms with Crippen molar-refractivity contribution in [2.24, 2.45) is 0 Å². The average molecular weight is 357 g/mol. The third kappa shape index (κ3) is 2.81. The highest BCUT2D eigenvalue weighted by Gasteiger charge is 2.18. The molecule has 4 aromatic rings. The summed E-state index contributed by atoms with van der Waals surface area (Å²) in [6, 6.07) is 15.8. The van der Waals surface area contributed by atoms with E-state index < -0.39 is 0 Å². The summed E-state index contributed by atoms with van der Waals surface area (Å²) in [6.45, 7) is 10.7. The molecular formula is C26H28O. The van der Waals surface area contributed by atoms with Crippen LogP contribution in [0.5, 0.6) is 0 Å². The van der Waals surface area contributed by atoms with Gasteiger partial charge in [0.25, 0.3) is 0 Å². The van der Waals surface area contributed by atoms with Crippen LogP contribution in [0, 0.1) is 0 Å². The van der Waals surface area contributed by atoms with E-state index in [0.717, 1.165) is 23.8 Å². The molecule has 2 atom stereocenters. The van der Waals surface area contributed by atoms with E-state index in [2.05, 4.69) is 70.2 Å². The monoisotopic (exact) mass is 356 g/mol. The summed E-state index contributed by atoms with van der Waals surface area (Å²) >= 11 is 0. The lowest BCUT2D eigenvalue weighted by Gasteiger charge is -2.19. The Kier molecular flexibility index (Phi) is 4.42. The van der Waals surface area contributed by atoms with Gasteiger partial charge in [-0.2, -0.15) is 0 Å². The Bertz CT molecular complexity index is 1150. The van der Waals surface area contributed by atoms with Gasteiger partial charge in [-0.3, -0.25) is 4.79 Å². The van der Waals surface area contributed by atoms with Crippen molar-refractivity contribution in [3.8, 4) is 0 Å². The molecule has 2 unspecified atom stereocenters. The fourth-order valence-corrected chi connectivity index (χ4v) is 4.30. The van der Waals surface area contributed by atoms with Crippen molar-refractivity contribution in [1.29, 1.82) is 0 Å². The van der Waals surface area contributed by atoms with Crippen molar-refractivity contribution < 1.29 is 4.79 Å². The summed E-state index contributed by atoms with van der Waals surface area (Å²) < 4.78 is 0. The summed E-state index contributed by atoms with van der Waals surface area (Å²) in [5.74, 6) is 1.16. The Balaban J connectivity index is 2.17. The zero-order valence-electron chi connectivity index (χ0n) is 17.0. The maximum absolute atomic E-state index is 12.5. The second-order valence-corrected chi connectivity index (χ2v) is 8.17. The minimum absolute atomic E-state index is 0.147. The van der Waals surface area contributed by atoms with Crippen molar-refractivity contribution in [3.05, 3.63) is 59.2 Å². The smallest absolute Gasteiger partial charge is 0.160 e. The predicted octanol–water partition coefficient (Wildman–Crippen LogP) is 7.81. The van der Waals surface area contributed by atoms with Crippen LogP contribution >= 0.6 is 0 Å². The van der Waals surface area contributed by atoms with E-state index in [9.17, 15) is 4.79 Å². The molecule has 0 aliphatic carbocycles. The molecule has 4 aromatic carbocycles. The lowest BCUT2D eigenvalue weighted by Crippen LogP contribution is -2.00. The second-order valence-electron chi connectivity index (χ2n) is 8.17.